The minimum atomic E-state index is -1.02. The summed E-state index contributed by atoms with van der Waals surface area (Å²) >= 11 is 0. The fourth-order valence-electron chi connectivity index (χ4n) is 6.79. The van der Waals surface area contributed by atoms with Gasteiger partial charge in [-0.1, -0.05) is 42.8 Å². The molecule has 0 bridgehead atoms. The number of nitrogens with zero attached hydrogens (tertiary/aromatic N) is 1. The van der Waals surface area contributed by atoms with Crippen molar-refractivity contribution in [3.8, 4) is 0 Å². The smallest absolute Gasteiger partial charge is 0.291 e. The Morgan fingerprint density at radius 2 is 1.87 bits per heavy atom. The molecule has 4 aliphatic rings. The largest absolute Gasteiger partial charge is 0.320 e. The van der Waals surface area contributed by atoms with E-state index >= 15 is 0 Å². The van der Waals surface area contributed by atoms with Crippen molar-refractivity contribution in [2.45, 2.75) is 44.7 Å². The molecule has 6 nitrogen and oxygen atoms in total. The van der Waals surface area contributed by atoms with Gasteiger partial charge in [-0.15, -0.1) is 0 Å². The third kappa shape index (κ3) is 2.13. The summed E-state index contributed by atoms with van der Waals surface area (Å²) in [5.74, 6) is -1.60. The van der Waals surface area contributed by atoms with Crippen molar-refractivity contribution in [3.63, 3.8) is 0 Å². The van der Waals surface area contributed by atoms with Gasteiger partial charge in [-0.3, -0.25) is 14.4 Å². The first kappa shape index (κ1) is 18.8. The Labute approximate surface area is 181 Å². The molecule has 6 rings (SSSR count). The van der Waals surface area contributed by atoms with Gasteiger partial charge in [-0.05, 0) is 31.0 Å². The molecule has 1 spiro atoms. The van der Waals surface area contributed by atoms with Gasteiger partial charge >= 0.3 is 0 Å². The lowest BCUT2D eigenvalue weighted by molar-refractivity contribution is -0.948. The first-order valence-corrected chi connectivity index (χ1v) is 11.2. The van der Waals surface area contributed by atoms with Crippen LogP contribution in [-0.2, 0) is 26.3 Å². The number of rotatable bonds is 2. The zero-order valence-corrected chi connectivity index (χ0v) is 17.8. The number of quaternary nitrogens is 1. The highest BCUT2D eigenvalue weighted by Crippen LogP contribution is 2.52. The van der Waals surface area contributed by atoms with Crippen LogP contribution in [0.3, 0.4) is 0 Å². The quantitative estimate of drug-likeness (QED) is 0.731. The molecule has 4 heterocycles. The molecule has 3 saturated heterocycles. The third-order valence-corrected chi connectivity index (χ3v) is 8.01. The number of fused-ring (bicyclic) bond motifs is 7. The summed E-state index contributed by atoms with van der Waals surface area (Å²) in [6.07, 6.45) is 2.64. The molecule has 2 aromatic rings. The lowest BCUT2D eigenvalue weighted by atomic mass is 9.75. The maximum Gasteiger partial charge on any atom is 0.291 e. The van der Waals surface area contributed by atoms with Gasteiger partial charge in [0.25, 0.3) is 5.91 Å². The summed E-state index contributed by atoms with van der Waals surface area (Å²) in [7, 11) is 0. The number of aryl methyl sites for hydroxylation is 2. The Kier molecular flexibility index (Phi) is 3.79. The summed E-state index contributed by atoms with van der Waals surface area (Å²) in [4.78, 5) is 43.8. The molecular formula is C25H26N3O3+. The molecule has 5 atom stereocenters. The van der Waals surface area contributed by atoms with Gasteiger partial charge in [0.2, 0.25) is 17.4 Å². The van der Waals surface area contributed by atoms with E-state index in [0.717, 1.165) is 53.1 Å². The fourth-order valence-corrected chi connectivity index (χ4v) is 6.79. The van der Waals surface area contributed by atoms with Crippen molar-refractivity contribution < 1.29 is 19.3 Å². The van der Waals surface area contributed by atoms with Gasteiger partial charge in [0, 0.05) is 18.4 Å². The highest BCUT2D eigenvalue weighted by atomic mass is 16.2. The fraction of sp³-hybridized carbons (Fsp3) is 0.400. The summed E-state index contributed by atoms with van der Waals surface area (Å²) < 4.78 is 0. The summed E-state index contributed by atoms with van der Waals surface area (Å²) in [6, 6.07) is 13.5. The van der Waals surface area contributed by atoms with Crippen LogP contribution in [0.2, 0.25) is 0 Å². The van der Waals surface area contributed by atoms with Gasteiger partial charge in [0.15, 0.2) is 0 Å². The third-order valence-electron chi connectivity index (χ3n) is 8.01. The molecule has 0 saturated carbocycles. The van der Waals surface area contributed by atoms with Crippen LogP contribution in [0.4, 0.5) is 11.4 Å². The first-order chi connectivity index (χ1) is 15.0. The number of amides is 3. The van der Waals surface area contributed by atoms with Crippen molar-refractivity contribution in [2.24, 2.45) is 11.8 Å². The normalized spacial score (nSPS) is 33.1. The zero-order valence-electron chi connectivity index (χ0n) is 17.8. The van der Waals surface area contributed by atoms with Crippen LogP contribution in [-0.4, -0.2) is 30.3 Å². The molecule has 2 N–H and O–H groups in total. The van der Waals surface area contributed by atoms with Crippen LogP contribution in [0.25, 0.3) is 0 Å². The Balaban J connectivity index is 1.56. The van der Waals surface area contributed by atoms with E-state index in [0.29, 0.717) is 5.69 Å². The second-order valence-corrected chi connectivity index (χ2v) is 9.33. The van der Waals surface area contributed by atoms with E-state index in [1.807, 2.05) is 49.4 Å². The van der Waals surface area contributed by atoms with E-state index in [-0.39, 0.29) is 23.8 Å². The van der Waals surface area contributed by atoms with Gasteiger partial charge < -0.3 is 10.2 Å². The molecule has 31 heavy (non-hydrogen) atoms. The Morgan fingerprint density at radius 3 is 2.61 bits per heavy atom. The predicted molar refractivity (Wildman–Crippen MR) is 116 cm³/mol. The molecule has 3 amide bonds. The molecule has 3 fully saturated rings. The molecule has 0 radical (unpaired) electrons. The summed E-state index contributed by atoms with van der Waals surface area (Å²) in [5, 5.41) is 3.13. The number of anilines is 2. The Hall–Kier alpha value is -2.99. The topological polar surface area (TPSA) is 70.9 Å². The molecule has 158 valence electrons. The Bertz CT molecular complexity index is 1140. The van der Waals surface area contributed by atoms with E-state index in [9.17, 15) is 14.4 Å². The summed E-state index contributed by atoms with van der Waals surface area (Å²) in [6.45, 7) is 4.86. The van der Waals surface area contributed by atoms with Crippen LogP contribution >= 0.6 is 0 Å². The van der Waals surface area contributed by atoms with E-state index in [4.69, 9.17) is 0 Å². The average molecular weight is 417 g/mol. The summed E-state index contributed by atoms with van der Waals surface area (Å²) in [5.41, 5.74) is 3.49. The Morgan fingerprint density at radius 1 is 1.10 bits per heavy atom. The molecule has 2 aromatic carbocycles. The standard InChI is InChI=1S/C25H25N3O3/c1-3-15-6-4-7-17-21(15)26-24(31)25(17)20-19(18-8-5-13-27(18)25)22(29)28(23(20)30)16-11-9-14(2)10-12-16/h4,6-7,9-12,18-20H,3,5,8,13H2,1-2H3,(H,26,31)/p+1/t18-,19+,20-,25+/m0/s1. The van der Waals surface area contributed by atoms with Gasteiger partial charge in [0.1, 0.15) is 17.9 Å². The number of para-hydroxylation sites is 1. The van der Waals surface area contributed by atoms with Crippen LogP contribution in [0.1, 0.15) is 36.5 Å². The lowest BCUT2D eigenvalue weighted by Gasteiger charge is -2.33. The van der Waals surface area contributed by atoms with Crippen LogP contribution in [0.5, 0.6) is 0 Å². The van der Waals surface area contributed by atoms with Gasteiger partial charge in [-0.2, -0.15) is 0 Å². The van der Waals surface area contributed by atoms with Gasteiger partial charge in [0.05, 0.1) is 17.9 Å². The molecule has 0 aromatic heterocycles. The monoisotopic (exact) mass is 416 g/mol. The van der Waals surface area contributed by atoms with Crippen LogP contribution in [0, 0.1) is 18.8 Å². The second-order valence-electron chi connectivity index (χ2n) is 9.33. The number of carbonyl (C=O) groups is 3. The lowest BCUT2D eigenvalue weighted by Crippen LogP contribution is -3.19. The molecule has 6 heteroatoms. The number of hydrogen-bond donors (Lipinski definition) is 2. The number of benzene rings is 2. The van der Waals surface area contributed by atoms with Crippen molar-refractivity contribution >= 4 is 29.1 Å². The van der Waals surface area contributed by atoms with Crippen molar-refractivity contribution in [1.29, 1.82) is 0 Å². The maximum absolute atomic E-state index is 13.9. The molecular weight excluding hydrogens is 390 g/mol. The van der Waals surface area contributed by atoms with E-state index in [1.54, 1.807) is 0 Å². The SMILES string of the molecule is CCc1cccc2c1NC(=O)[C@]21[C@@H]2C(=O)N(c3ccc(C)cc3)C(=O)[C@@H]2[C@@H]2CCC[NH+]21. The number of imide groups is 1. The minimum Gasteiger partial charge on any atom is -0.320 e. The van der Waals surface area contributed by atoms with E-state index in [1.165, 1.54) is 4.90 Å². The maximum atomic E-state index is 13.9. The first-order valence-electron chi connectivity index (χ1n) is 11.2. The average Bonchev–Trinajstić information content (AvgIpc) is 3.47. The number of nitrogens with one attached hydrogen (secondary N) is 2. The van der Waals surface area contributed by atoms with E-state index in [2.05, 4.69) is 12.2 Å². The van der Waals surface area contributed by atoms with Gasteiger partial charge in [-0.25, -0.2) is 4.90 Å². The number of hydrogen-bond acceptors (Lipinski definition) is 3. The van der Waals surface area contributed by atoms with Crippen molar-refractivity contribution in [1.82, 2.24) is 0 Å². The van der Waals surface area contributed by atoms with E-state index < -0.39 is 17.4 Å². The van der Waals surface area contributed by atoms with Crippen LogP contribution in [0.15, 0.2) is 42.5 Å². The highest BCUT2D eigenvalue weighted by molar-refractivity contribution is 6.25. The number of carbonyl (C=O) groups excluding carboxylic acids is 3. The van der Waals surface area contributed by atoms with Crippen molar-refractivity contribution in [2.75, 3.05) is 16.8 Å². The second kappa shape index (κ2) is 6.26. The van der Waals surface area contributed by atoms with Crippen LogP contribution < -0.4 is 15.1 Å². The molecule has 0 aliphatic carbocycles. The van der Waals surface area contributed by atoms with Crippen molar-refractivity contribution in [3.05, 3.63) is 59.2 Å². The zero-order chi connectivity index (χ0) is 21.5. The predicted octanol–water partition coefficient (Wildman–Crippen LogP) is 1.57. The molecule has 4 aliphatic heterocycles. The highest BCUT2D eigenvalue weighted by Gasteiger charge is 2.78. The minimum absolute atomic E-state index is 0.00104. The molecule has 1 unspecified atom stereocenters.